The average molecular weight is 397 g/mol. The summed E-state index contributed by atoms with van der Waals surface area (Å²) in [5.74, 6) is -0.647. The number of amides is 1. The van der Waals surface area contributed by atoms with Crippen LogP contribution >= 0.6 is 0 Å². The number of likely N-dealkylation sites (tertiary alicyclic amines) is 1. The quantitative estimate of drug-likeness (QED) is 0.701. The molecule has 2 unspecified atom stereocenters. The van der Waals surface area contributed by atoms with Crippen LogP contribution in [0.15, 0.2) is 59.5 Å². The maximum Gasteiger partial charge on any atom is 0.252 e. The fourth-order valence-electron chi connectivity index (χ4n) is 3.55. The van der Waals surface area contributed by atoms with Gasteiger partial charge in [0.05, 0.1) is 24.2 Å². The molecule has 0 saturated carbocycles. The zero-order valence-corrected chi connectivity index (χ0v) is 15.9. The van der Waals surface area contributed by atoms with Crippen molar-refractivity contribution in [3.8, 4) is 6.07 Å². The van der Waals surface area contributed by atoms with Gasteiger partial charge in [0.1, 0.15) is 12.0 Å². The second kappa shape index (κ2) is 8.82. The molecule has 2 atom stereocenters. The number of nitrogens with zero attached hydrogens (tertiary/aromatic N) is 3. The van der Waals surface area contributed by atoms with E-state index in [0.717, 1.165) is 0 Å². The number of benzene rings is 1. The molecule has 150 valence electrons. The van der Waals surface area contributed by atoms with E-state index in [-0.39, 0.29) is 43.0 Å². The molecule has 2 aromatic rings. The fourth-order valence-corrected chi connectivity index (χ4v) is 3.55. The van der Waals surface area contributed by atoms with Crippen LogP contribution in [0.25, 0.3) is 0 Å². The largest absolute Gasteiger partial charge is 0.333 e. The summed E-state index contributed by atoms with van der Waals surface area (Å²) in [6, 6.07) is 10.1. The van der Waals surface area contributed by atoms with E-state index in [9.17, 15) is 18.4 Å². The van der Waals surface area contributed by atoms with Crippen LogP contribution in [-0.2, 0) is 11.3 Å². The van der Waals surface area contributed by atoms with Crippen LogP contribution in [0.3, 0.4) is 0 Å². The molecule has 1 amide bonds. The summed E-state index contributed by atoms with van der Waals surface area (Å²) < 4.78 is 28.9. The monoisotopic (exact) mass is 397 g/mol. The highest BCUT2D eigenvalue weighted by molar-refractivity contribution is 5.77. The molecule has 1 aromatic carbocycles. The number of nitriles is 1. The Morgan fingerprint density at radius 2 is 2.07 bits per heavy atom. The molecule has 1 aromatic heterocycles. The molecule has 29 heavy (non-hydrogen) atoms. The van der Waals surface area contributed by atoms with E-state index in [1.54, 1.807) is 12.1 Å². The number of halogens is 2. The van der Waals surface area contributed by atoms with Gasteiger partial charge in [0, 0.05) is 31.6 Å². The van der Waals surface area contributed by atoms with Crippen molar-refractivity contribution < 1.29 is 13.6 Å². The Labute approximate surface area is 167 Å². The van der Waals surface area contributed by atoms with E-state index >= 15 is 0 Å². The molecule has 0 radical (unpaired) electrons. The maximum atomic E-state index is 14.0. The minimum atomic E-state index is -1.15. The molecule has 2 heterocycles. The molecule has 3 rings (SSSR count). The lowest BCUT2D eigenvalue weighted by atomic mass is 10.0. The number of hydrogen-bond donors (Lipinski definition) is 0. The van der Waals surface area contributed by atoms with Crippen LogP contribution in [0.4, 0.5) is 8.78 Å². The van der Waals surface area contributed by atoms with Crippen molar-refractivity contribution in [2.24, 2.45) is 0 Å². The Hall–Kier alpha value is -3.27. The van der Waals surface area contributed by atoms with E-state index in [2.05, 4.69) is 6.58 Å². The summed E-state index contributed by atoms with van der Waals surface area (Å²) in [6.07, 6.45) is 0.989. The van der Waals surface area contributed by atoms with Gasteiger partial charge < -0.3 is 9.47 Å². The van der Waals surface area contributed by atoms with Gasteiger partial charge in [-0.05, 0) is 30.2 Å². The molecule has 1 saturated heterocycles. The summed E-state index contributed by atoms with van der Waals surface area (Å²) in [5.41, 5.74) is 1.22. The van der Waals surface area contributed by atoms with Crippen molar-refractivity contribution in [3.63, 3.8) is 0 Å². The number of carbonyl (C=O) groups excluding carboxylic acids is 1. The Kier molecular flexibility index (Phi) is 6.23. The molecule has 0 bridgehead atoms. The first-order valence-electron chi connectivity index (χ1n) is 9.33. The summed E-state index contributed by atoms with van der Waals surface area (Å²) >= 11 is 0. The molecule has 0 N–H and O–H groups in total. The molecule has 1 aliphatic heterocycles. The Morgan fingerprint density at radius 3 is 2.76 bits per heavy atom. The van der Waals surface area contributed by atoms with E-state index in [1.165, 1.54) is 39.9 Å². The van der Waals surface area contributed by atoms with Gasteiger partial charge in [-0.2, -0.15) is 5.26 Å². The lowest BCUT2D eigenvalue weighted by Crippen LogP contribution is -2.31. The number of allylic oxidation sites excluding steroid dienone is 1. The lowest BCUT2D eigenvalue weighted by molar-refractivity contribution is -0.132. The number of carbonyl (C=O) groups is 1. The van der Waals surface area contributed by atoms with Gasteiger partial charge in [-0.25, -0.2) is 8.78 Å². The Balaban J connectivity index is 1.61. The van der Waals surface area contributed by atoms with Crippen LogP contribution in [0.5, 0.6) is 0 Å². The number of hydrogen-bond acceptors (Lipinski definition) is 3. The summed E-state index contributed by atoms with van der Waals surface area (Å²) in [4.78, 5) is 26.1. The maximum absolute atomic E-state index is 14.0. The number of pyridine rings is 1. The predicted octanol–water partition coefficient (Wildman–Crippen LogP) is 3.51. The van der Waals surface area contributed by atoms with Gasteiger partial charge >= 0.3 is 0 Å². The highest BCUT2D eigenvalue weighted by Gasteiger charge is 2.36. The SMILES string of the molecule is C=C(CCC(=O)N1CC(F)CC1c1cccc(F)c1)Cn1ccc(C#N)cc1=O. The molecule has 1 fully saturated rings. The average Bonchev–Trinajstić information content (AvgIpc) is 3.09. The molecule has 1 aliphatic rings. The van der Waals surface area contributed by atoms with Gasteiger partial charge in [0.25, 0.3) is 5.56 Å². The van der Waals surface area contributed by atoms with Crippen LogP contribution in [0.1, 0.15) is 36.4 Å². The Morgan fingerprint density at radius 1 is 1.28 bits per heavy atom. The van der Waals surface area contributed by atoms with Gasteiger partial charge in [0.15, 0.2) is 0 Å². The first kappa shape index (κ1) is 20.5. The minimum absolute atomic E-state index is 0.0123. The normalized spacial score (nSPS) is 18.4. The minimum Gasteiger partial charge on any atom is -0.333 e. The smallest absolute Gasteiger partial charge is 0.252 e. The van der Waals surface area contributed by atoms with Crippen molar-refractivity contribution in [1.82, 2.24) is 9.47 Å². The van der Waals surface area contributed by atoms with Gasteiger partial charge in [0.2, 0.25) is 5.91 Å². The Bertz CT molecular complexity index is 1030. The van der Waals surface area contributed by atoms with Crippen LogP contribution < -0.4 is 5.56 Å². The van der Waals surface area contributed by atoms with E-state index in [1.807, 2.05) is 6.07 Å². The summed E-state index contributed by atoms with van der Waals surface area (Å²) in [5, 5.41) is 8.82. The van der Waals surface area contributed by atoms with Crippen LogP contribution in [-0.4, -0.2) is 28.1 Å². The van der Waals surface area contributed by atoms with Crippen molar-refractivity contribution in [3.05, 3.63) is 82.0 Å². The zero-order valence-electron chi connectivity index (χ0n) is 15.9. The van der Waals surface area contributed by atoms with Crippen LogP contribution in [0.2, 0.25) is 0 Å². The second-order valence-corrected chi connectivity index (χ2v) is 7.19. The molecule has 5 nitrogen and oxygen atoms in total. The third-order valence-corrected chi connectivity index (χ3v) is 5.02. The molecular weight excluding hydrogens is 376 g/mol. The standard InChI is InChI=1S/C22H21F2N3O2/c1-15(13-26-8-7-16(12-25)9-22(26)29)5-6-21(28)27-14-19(24)11-20(27)17-3-2-4-18(23)10-17/h2-4,7-10,19-20H,1,5-6,11,13-14H2. The van der Waals surface area contributed by atoms with Crippen molar-refractivity contribution in [2.45, 2.75) is 38.0 Å². The topological polar surface area (TPSA) is 66.1 Å². The van der Waals surface area contributed by atoms with Crippen LogP contribution in [0, 0.1) is 17.1 Å². The van der Waals surface area contributed by atoms with Gasteiger partial charge in [-0.3, -0.25) is 9.59 Å². The molecular formula is C22H21F2N3O2. The highest BCUT2D eigenvalue weighted by atomic mass is 19.1. The highest BCUT2D eigenvalue weighted by Crippen LogP contribution is 2.34. The first-order valence-corrected chi connectivity index (χ1v) is 9.33. The summed E-state index contributed by atoms with van der Waals surface area (Å²) in [7, 11) is 0. The van der Waals surface area contributed by atoms with E-state index in [0.29, 0.717) is 17.6 Å². The fraction of sp³-hybridized carbons (Fsp3) is 0.318. The number of alkyl halides is 1. The number of aromatic nitrogens is 1. The second-order valence-electron chi connectivity index (χ2n) is 7.19. The zero-order chi connectivity index (χ0) is 21.0. The lowest BCUT2D eigenvalue weighted by Gasteiger charge is -2.25. The number of rotatable bonds is 6. The van der Waals surface area contributed by atoms with Crippen molar-refractivity contribution in [1.29, 1.82) is 5.26 Å². The van der Waals surface area contributed by atoms with E-state index < -0.39 is 18.0 Å². The van der Waals surface area contributed by atoms with Crippen molar-refractivity contribution >= 4 is 5.91 Å². The van der Waals surface area contributed by atoms with Gasteiger partial charge in [-0.1, -0.05) is 24.3 Å². The third-order valence-electron chi connectivity index (χ3n) is 5.02. The summed E-state index contributed by atoms with van der Waals surface area (Å²) in [6.45, 7) is 4.14. The molecule has 0 spiro atoms. The van der Waals surface area contributed by atoms with Crippen molar-refractivity contribution in [2.75, 3.05) is 6.54 Å². The predicted molar refractivity (Wildman–Crippen MR) is 104 cm³/mol. The first-order chi connectivity index (χ1) is 13.9. The third kappa shape index (κ3) is 4.96. The van der Waals surface area contributed by atoms with Gasteiger partial charge in [-0.15, -0.1) is 0 Å². The molecule has 0 aliphatic carbocycles. The van der Waals surface area contributed by atoms with E-state index in [4.69, 9.17) is 5.26 Å². The molecule has 7 heteroatoms.